The molecule has 0 aliphatic carbocycles. The maximum atomic E-state index is 5.35. The van der Waals surface area contributed by atoms with E-state index in [9.17, 15) is 0 Å². The SMILES string of the molecule is Clc1[c]c(Cl)ncn1. The van der Waals surface area contributed by atoms with Crippen molar-refractivity contribution in [3.05, 3.63) is 22.7 Å². The monoisotopic (exact) mass is 147 g/mol. The van der Waals surface area contributed by atoms with Crippen molar-refractivity contribution in [2.24, 2.45) is 0 Å². The largest absolute Gasteiger partial charge is 0.224 e. The van der Waals surface area contributed by atoms with Crippen LogP contribution in [-0.4, -0.2) is 9.97 Å². The van der Waals surface area contributed by atoms with Crippen LogP contribution in [-0.2, 0) is 0 Å². The van der Waals surface area contributed by atoms with E-state index in [0.29, 0.717) is 0 Å². The summed E-state index contributed by atoms with van der Waals surface area (Å²) in [6, 6.07) is 2.48. The Kier molecular flexibility index (Phi) is 1.65. The molecule has 1 aromatic rings. The number of nitrogens with zero attached hydrogens (tertiary/aromatic N) is 2. The molecule has 1 rings (SSSR count). The third-order valence-electron chi connectivity index (χ3n) is 0.548. The highest BCUT2D eigenvalue weighted by Crippen LogP contribution is 2.06. The fourth-order valence-electron chi connectivity index (χ4n) is 0.280. The molecule has 0 saturated carbocycles. The Labute approximate surface area is 56.5 Å². The molecular weight excluding hydrogens is 147 g/mol. The quantitative estimate of drug-likeness (QED) is 0.522. The van der Waals surface area contributed by atoms with E-state index in [1.54, 1.807) is 0 Å². The van der Waals surface area contributed by atoms with Gasteiger partial charge in [0.25, 0.3) is 0 Å². The van der Waals surface area contributed by atoms with Gasteiger partial charge in [-0.3, -0.25) is 0 Å². The molecule has 0 amide bonds. The minimum atomic E-state index is 0.241. The van der Waals surface area contributed by atoms with Crippen LogP contribution >= 0.6 is 23.2 Å². The van der Waals surface area contributed by atoms with E-state index in [2.05, 4.69) is 16.0 Å². The Balaban J connectivity index is 3.08. The summed E-state index contributed by atoms with van der Waals surface area (Å²) in [6.45, 7) is 0. The van der Waals surface area contributed by atoms with Gasteiger partial charge in [-0.05, 0) is 0 Å². The van der Waals surface area contributed by atoms with Gasteiger partial charge in [-0.15, -0.1) is 0 Å². The van der Waals surface area contributed by atoms with Gasteiger partial charge < -0.3 is 0 Å². The van der Waals surface area contributed by atoms with Gasteiger partial charge in [0.2, 0.25) is 0 Å². The lowest BCUT2D eigenvalue weighted by Crippen LogP contribution is -1.77. The molecular formula is C4HCl2N2. The van der Waals surface area contributed by atoms with Gasteiger partial charge in [-0.1, -0.05) is 23.2 Å². The Morgan fingerprint density at radius 2 is 1.75 bits per heavy atom. The lowest BCUT2D eigenvalue weighted by molar-refractivity contribution is 1.16. The van der Waals surface area contributed by atoms with E-state index >= 15 is 0 Å². The molecule has 0 aliphatic heterocycles. The molecule has 0 aromatic carbocycles. The molecule has 41 valence electrons. The fraction of sp³-hybridized carbons (Fsp3) is 0. The van der Waals surface area contributed by atoms with Gasteiger partial charge in [-0.25, -0.2) is 9.97 Å². The second-order valence-corrected chi connectivity index (χ2v) is 1.80. The molecule has 0 aliphatic rings. The molecule has 0 saturated heterocycles. The van der Waals surface area contributed by atoms with Crippen molar-refractivity contribution in [2.75, 3.05) is 0 Å². The minimum absolute atomic E-state index is 0.241. The first-order valence-corrected chi connectivity index (χ1v) is 2.60. The Morgan fingerprint density at radius 3 is 2.00 bits per heavy atom. The van der Waals surface area contributed by atoms with Crippen LogP contribution in [0.3, 0.4) is 0 Å². The predicted octanol–water partition coefficient (Wildman–Crippen LogP) is 1.58. The van der Waals surface area contributed by atoms with Gasteiger partial charge >= 0.3 is 0 Å². The van der Waals surface area contributed by atoms with Crippen LogP contribution in [0.2, 0.25) is 10.3 Å². The molecule has 0 unspecified atom stereocenters. The third kappa shape index (κ3) is 1.32. The van der Waals surface area contributed by atoms with Crippen LogP contribution in [0.5, 0.6) is 0 Å². The normalized spacial score (nSPS) is 9.25. The molecule has 4 heteroatoms. The summed E-state index contributed by atoms with van der Waals surface area (Å²) < 4.78 is 0. The second kappa shape index (κ2) is 2.29. The van der Waals surface area contributed by atoms with Crippen molar-refractivity contribution >= 4 is 23.2 Å². The first-order chi connectivity index (χ1) is 3.79. The molecule has 0 N–H and O–H groups in total. The lowest BCUT2D eigenvalue weighted by atomic mass is 10.7. The zero-order valence-electron chi connectivity index (χ0n) is 3.73. The number of rotatable bonds is 0. The molecule has 2 nitrogen and oxygen atoms in total. The van der Waals surface area contributed by atoms with Gasteiger partial charge in [0.1, 0.15) is 16.6 Å². The van der Waals surface area contributed by atoms with Gasteiger partial charge in [0.15, 0.2) is 0 Å². The molecule has 1 heterocycles. The van der Waals surface area contributed by atoms with Crippen molar-refractivity contribution in [3.63, 3.8) is 0 Å². The van der Waals surface area contributed by atoms with E-state index in [0.717, 1.165) is 0 Å². The van der Waals surface area contributed by atoms with Crippen molar-refractivity contribution in [1.82, 2.24) is 9.97 Å². The number of hydrogen-bond acceptors (Lipinski definition) is 2. The fourth-order valence-corrected chi connectivity index (χ4v) is 0.595. The van der Waals surface area contributed by atoms with Crippen LogP contribution in [0, 0.1) is 6.07 Å². The molecule has 0 bridgehead atoms. The molecule has 0 spiro atoms. The Hall–Kier alpha value is -0.340. The Bertz CT molecular complexity index is 172. The predicted molar refractivity (Wildman–Crippen MR) is 30.9 cm³/mol. The summed E-state index contributed by atoms with van der Waals surface area (Å²) in [5.41, 5.74) is 0. The van der Waals surface area contributed by atoms with Gasteiger partial charge in [0, 0.05) is 0 Å². The Morgan fingerprint density at radius 1 is 1.25 bits per heavy atom. The zero-order chi connectivity index (χ0) is 5.98. The van der Waals surface area contributed by atoms with Gasteiger partial charge in [0.05, 0.1) is 6.07 Å². The molecule has 1 aromatic heterocycles. The average molecular weight is 148 g/mol. The summed E-state index contributed by atoms with van der Waals surface area (Å²) in [5.74, 6) is 0. The van der Waals surface area contributed by atoms with Crippen LogP contribution in [0.1, 0.15) is 0 Å². The number of halogens is 2. The van der Waals surface area contributed by atoms with E-state index in [4.69, 9.17) is 23.2 Å². The maximum Gasteiger partial charge on any atom is 0.142 e. The average Bonchev–Trinajstić information content (AvgIpc) is 1.64. The molecule has 8 heavy (non-hydrogen) atoms. The highest BCUT2D eigenvalue weighted by Gasteiger charge is 1.89. The van der Waals surface area contributed by atoms with Crippen LogP contribution in [0.25, 0.3) is 0 Å². The first-order valence-electron chi connectivity index (χ1n) is 1.84. The van der Waals surface area contributed by atoms with Crippen LogP contribution < -0.4 is 0 Å². The van der Waals surface area contributed by atoms with E-state index in [-0.39, 0.29) is 10.3 Å². The molecule has 0 atom stereocenters. The summed E-state index contributed by atoms with van der Waals surface area (Å²) in [5, 5.41) is 0.481. The van der Waals surface area contributed by atoms with E-state index in [1.165, 1.54) is 6.33 Å². The smallest absolute Gasteiger partial charge is 0.142 e. The topological polar surface area (TPSA) is 25.8 Å². The highest BCUT2D eigenvalue weighted by atomic mass is 35.5. The first kappa shape index (κ1) is 5.79. The summed E-state index contributed by atoms with van der Waals surface area (Å²) >= 11 is 10.7. The van der Waals surface area contributed by atoms with Gasteiger partial charge in [-0.2, -0.15) is 0 Å². The zero-order valence-corrected chi connectivity index (χ0v) is 5.24. The third-order valence-corrected chi connectivity index (χ3v) is 0.933. The van der Waals surface area contributed by atoms with Crippen molar-refractivity contribution in [2.45, 2.75) is 0 Å². The van der Waals surface area contributed by atoms with Crippen LogP contribution in [0.4, 0.5) is 0 Å². The van der Waals surface area contributed by atoms with Crippen molar-refractivity contribution < 1.29 is 0 Å². The lowest BCUT2D eigenvalue weighted by Gasteiger charge is -1.84. The summed E-state index contributed by atoms with van der Waals surface area (Å²) in [4.78, 5) is 7.11. The maximum absolute atomic E-state index is 5.35. The highest BCUT2D eigenvalue weighted by molar-refractivity contribution is 6.32. The standard InChI is InChI=1S/C4HCl2N2/c5-3-1-4(6)8-2-7-3/h2H. The van der Waals surface area contributed by atoms with E-state index < -0.39 is 0 Å². The van der Waals surface area contributed by atoms with Crippen molar-refractivity contribution in [3.8, 4) is 0 Å². The van der Waals surface area contributed by atoms with Crippen molar-refractivity contribution in [1.29, 1.82) is 0 Å². The summed E-state index contributed by atoms with van der Waals surface area (Å²) in [6.07, 6.45) is 1.28. The second-order valence-electron chi connectivity index (χ2n) is 1.08. The number of aromatic nitrogens is 2. The minimum Gasteiger partial charge on any atom is -0.224 e. The molecule has 1 radical (unpaired) electrons. The van der Waals surface area contributed by atoms with Crippen LogP contribution in [0.15, 0.2) is 6.33 Å². The number of hydrogen-bond donors (Lipinski definition) is 0. The molecule has 0 fully saturated rings. The van der Waals surface area contributed by atoms with E-state index in [1.807, 2.05) is 0 Å². The summed E-state index contributed by atoms with van der Waals surface area (Å²) in [7, 11) is 0.